The minimum atomic E-state index is -2.71. The molecule has 3 saturated carbocycles. The second kappa shape index (κ2) is 9.84. The van der Waals surface area contributed by atoms with Crippen LogP contribution in [0.15, 0.2) is 29.9 Å². The summed E-state index contributed by atoms with van der Waals surface area (Å²) in [5, 5.41) is 22.5. The van der Waals surface area contributed by atoms with E-state index in [0.29, 0.717) is 11.5 Å². The molecule has 2 unspecified atom stereocenters. The second-order valence-corrected chi connectivity index (χ2v) is 12.8. The van der Waals surface area contributed by atoms with E-state index in [9.17, 15) is 34.2 Å². The lowest BCUT2D eigenvalue weighted by Gasteiger charge is -2.52. The summed E-state index contributed by atoms with van der Waals surface area (Å²) in [5.41, 5.74) is 6.62. The van der Waals surface area contributed by atoms with Crippen LogP contribution >= 0.6 is 0 Å². The van der Waals surface area contributed by atoms with Crippen LogP contribution in [0.5, 0.6) is 5.75 Å². The van der Waals surface area contributed by atoms with Crippen molar-refractivity contribution in [3.05, 3.63) is 46.5 Å². The third-order valence-electron chi connectivity index (χ3n) is 10.3. The minimum absolute atomic E-state index is 0.0410. The number of hydrogen-bond donors (Lipinski definition) is 3. The summed E-state index contributed by atoms with van der Waals surface area (Å²) in [6.07, 6.45) is 11.4. The number of Topliss-reactive ketones (excluding diaryl/α,β-unsaturated/α-hetero) is 4. The number of likely N-dealkylation sites (N-methyl/N-ethyl adjacent to an activating group) is 1. The van der Waals surface area contributed by atoms with Gasteiger partial charge in [-0.05, 0) is 74.4 Å². The molecular formula is C32H36N2O7. The molecule has 41 heavy (non-hydrogen) atoms. The number of carbonyl (C=O) groups excluding carboxylic acids is 5. The SMILES string of the molecule is CN(C)[C@@H]1C(=O)C(C(N)=O)C(=O)[C@@]2(O)C(=O)C3C(=O)c4c(O)ccc(C5=CC=C(CC6CCCC6)C5)c4C[C@H]3C[C@@H]12. The van der Waals surface area contributed by atoms with Gasteiger partial charge in [0.25, 0.3) is 0 Å². The Labute approximate surface area is 238 Å². The maximum Gasteiger partial charge on any atom is 0.235 e. The van der Waals surface area contributed by atoms with Crippen LogP contribution in [0.25, 0.3) is 5.57 Å². The number of ketones is 4. The molecule has 3 fully saturated rings. The molecule has 6 rings (SSSR count). The fourth-order valence-electron chi connectivity index (χ4n) is 8.40. The van der Waals surface area contributed by atoms with Crippen LogP contribution in [0.2, 0.25) is 0 Å². The maximum absolute atomic E-state index is 14.0. The van der Waals surface area contributed by atoms with Crippen molar-refractivity contribution in [1.29, 1.82) is 0 Å². The first-order valence-corrected chi connectivity index (χ1v) is 14.5. The third kappa shape index (κ3) is 4.07. The Morgan fingerprint density at radius 3 is 2.44 bits per heavy atom. The zero-order valence-electron chi connectivity index (χ0n) is 23.4. The minimum Gasteiger partial charge on any atom is -0.507 e. The largest absolute Gasteiger partial charge is 0.507 e. The van der Waals surface area contributed by atoms with Gasteiger partial charge in [0.05, 0.1) is 17.5 Å². The molecule has 1 amide bonds. The van der Waals surface area contributed by atoms with Gasteiger partial charge in [-0.2, -0.15) is 0 Å². The van der Waals surface area contributed by atoms with Gasteiger partial charge in [-0.25, -0.2) is 0 Å². The molecule has 0 heterocycles. The zero-order chi connectivity index (χ0) is 29.4. The number of fused-ring (bicyclic) bond motifs is 3. The lowest BCUT2D eigenvalue weighted by Crippen LogP contribution is -2.74. The molecule has 5 aliphatic rings. The molecule has 9 heteroatoms. The van der Waals surface area contributed by atoms with Gasteiger partial charge in [-0.3, -0.25) is 28.9 Å². The van der Waals surface area contributed by atoms with Crippen molar-refractivity contribution in [3.63, 3.8) is 0 Å². The first kappa shape index (κ1) is 27.7. The summed E-state index contributed by atoms with van der Waals surface area (Å²) in [5.74, 6) is -9.53. The number of amides is 1. The Bertz CT molecular complexity index is 1450. The average Bonchev–Trinajstić information content (AvgIpc) is 3.59. The molecular weight excluding hydrogens is 524 g/mol. The number of carbonyl (C=O) groups is 5. The molecule has 0 aromatic heterocycles. The van der Waals surface area contributed by atoms with Gasteiger partial charge in [0.15, 0.2) is 34.7 Å². The van der Waals surface area contributed by atoms with Gasteiger partial charge in [0.1, 0.15) is 5.75 Å². The number of primary amides is 1. The van der Waals surface area contributed by atoms with Crippen LogP contribution in [-0.4, -0.2) is 69.9 Å². The summed E-state index contributed by atoms with van der Waals surface area (Å²) in [6, 6.07) is 2.16. The molecule has 6 atom stereocenters. The van der Waals surface area contributed by atoms with E-state index < -0.39 is 64.4 Å². The molecule has 0 aliphatic heterocycles. The highest BCUT2D eigenvalue weighted by molar-refractivity contribution is 6.32. The predicted molar refractivity (Wildman–Crippen MR) is 149 cm³/mol. The molecule has 1 aromatic carbocycles. The van der Waals surface area contributed by atoms with Gasteiger partial charge in [0.2, 0.25) is 5.91 Å². The van der Waals surface area contributed by atoms with Gasteiger partial charge >= 0.3 is 0 Å². The molecule has 0 bridgehead atoms. The van der Waals surface area contributed by atoms with Gasteiger partial charge in [-0.1, -0.05) is 49.5 Å². The fraction of sp³-hybridized carbons (Fsp3) is 0.531. The number of allylic oxidation sites excluding steroid dienone is 4. The van der Waals surface area contributed by atoms with Crippen molar-refractivity contribution in [2.24, 2.45) is 35.3 Å². The van der Waals surface area contributed by atoms with E-state index in [0.717, 1.165) is 24.0 Å². The van der Waals surface area contributed by atoms with Crippen molar-refractivity contribution in [1.82, 2.24) is 4.90 Å². The number of phenolic OH excluding ortho intramolecular Hbond substituents is 1. The van der Waals surface area contributed by atoms with Gasteiger partial charge in [0, 0.05) is 5.92 Å². The Morgan fingerprint density at radius 1 is 1.07 bits per heavy atom. The molecule has 0 radical (unpaired) electrons. The highest BCUT2D eigenvalue weighted by Crippen LogP contribution is 2.52. The number of nitrogens with zero attached hydrogens (tertiary/aromatic N) is 1. The smallest absolute Gasteiger partial charge is 0.235 e. The molecule has 4 N–H and O–H groups in total. The van der Waals surface area contributed by atoms with Crippen LogP contribution in [0.1, 0.15) is 66.4 Å². The van der Waals surface area contributed by atoms with Gasteiger partial charge in [-0.15, -0.1) is 0 Å². The van der Waals surface area contributed by atoms with E-state index in [-0.39, 0.29) is 24.2 Å². The highest BCUT2D eigenvalue weighted by atomic mass is 16.3. The third-order valence-corrected chi connectivity index (χ3v) is 10.3. The first-order valence-electron chi connectivity index (χ1n) is 14.5. The Balaban J connectivity index is 1.36. The molecule has 216 valence electrons. The summed E-state index contributed by atoms with van der Waals surface area (Å²) in [6.45, 7) is 0. The lowest BCUT2D eigenvalue weighted by atomic mass is 9.52. The maximum atomic E-state index is 14.0. The van der Waals surface area contributed by atoms with Crippen molar-refractivity contribution in [2.75, 3.05) is 14.1 Å². The molecule has 5 aliphatic carbocycles. The molecule has 1 aromatic rings. The number of aromatic hydroxyl groups is 1. The zero-order valence-corrected chi connectivity index (χ0v) is 23.4. The van der Waals surface area contributed by atoms with Crippen LogP contribution in [0, 0.1) is 29.6 Å². The van der Waals surface area contributed by atoms with Crippen molar-refractivity contribution in [3.8, 4) is 5.75 Å². The number of benzene rings is 1. The number of aliphatic hydroxyl groups is 1. The Morgan fingerprint density at radius 2 is 1.78 bits per heavy atom. The van der Waals surface area contributed by atoms with Crippen molar-refractivity contribution >= 4 is 34.6 Å². The van der Waals surface area contributed by atoms with Crippen LogP contribution in [-0.2, 0) is 25.6 Å². The summed E-state index contributed by atoms with van der Waals surface area (Å²) >= 11 is 0. The predicted octanol–water partition coefficient (Wildman–Crippen LogP) is 2.16. The summed E-state index contributed by atoms with van der Waals surface area (Å²) < 4.78 is 0. The average molecular weight is 561 g/mol. The number of rotatable bonds is 5. The lowest BCUT2D eigenvalue weighted by molar-refractivity contribution is -0.181. The van der Waals surface area contributed by atoms with E-state index in [1.807, 2.05) is 6.07 Å². The van der Waals surface area contributed by atoms with Crippen LogP contribution in [0.3, 0.4) is 0 Å². The van der Waals surface area contributed by atoms with E-state index in [1.165, 1.54) is 42.2 Å². The summed E-state index contributed by atoms with van der Waals surface area (Å²) in [7, 11) is 3.15. The van der Waals surface area contributed by atoms with E-state index in [1.54, 1.807) is 14.1 Å². The van der Waals surface area contributed by atoms with Crippen LogP contribution < -0.4 is 5.73 Å². The Hall–Kier alpha value is -3.43. The standard InChI is InChI=1S/C32H36N2O7/c1-34(2)26-21-14-18-13-20-19(17-8-7-16(12-17)11-15-5-3-4-6-15)9-10-22(35)24(20)27(36)23(18)29(38)32(21,41)30(39)25(28(26)37)31(33)40/h7-10,15,18,21,23,25-26,35,41H,3-6,11-14H2,1-2H3,(H2,33,40)/t18-,21-,23?,25?,26-,32-/m0/s1. The van der Waals surface area contributed by atoms with E-state index in [2.05, 4.69) is 12.2 Å². The van der Waals surface area contributed by atoms with Crippen LogP contribution in [0.4, 0.5) is 0 Å². The van der Waals surface area contributed by atoms with Crippen molar-refractivity contribution in [2.45, 2.75) is 63.0 Å². The molecule has 0 saturated heterocycles. The number of phenols is 1. The summed E-state index contributed by atoms with van der Waals surface area (Å²) in [4.78, 5) is 68.2. The number of hydrogen-bond acceptors (Lipinski definition) is 8. The molecule has 9 nitrogen and oxygen atoms in total. The van der Waals surface area contributed by atoms with E-state index in [4.69, 9.17) is 5.73 Å². The topological polar surface area (TPSA) is 155 Å². The highest BCUT2D eigenvalue weighted by Gasteiger charge is 2.69. The number of nitrogens with two attached hydrogens (primary N) is 1. The first-order chi connectivity index (χ1) is 19.4. The van der Waals surface area contributed by atoms with E-state index >= 15 is 0 Å². The quantitative estimate of drug-likeness (QED) is 0.463. The van der Waals surface area contributed by atoms with Gasteiger partial charge < -0.3 is 15.9 Å². The Kier molecular flexibility index (Phi) is 6.65. The fourth-order valence-corrected chi connectivity index (χ4v) is 8.40. The monoisotopic (exact) mass is 560 g/mol. The van der Waals surface area contributed by atoms with Crippen molar-refractivity contribution < 1.29 is 34.2 Å². The molecule has 0 spiro atoms. The normalized spacial score (nSPS) is 33.4. The second-order valence-electron chi connectivity index (χ2n) is 12.8.